The van der Waals surface area contributed by atoms with Crippen LogP contribution in [0, 0.1) is 6.92 Å². The van der Waals surface area contributed by atoms with Gasteiger partial charge in [0.05, 0.1) is 25.6 Å². The SMILES string of the molecule is CO.Cc1ccc(O)cc1.NCC(N)=O.Nc1ncnc2nc[nH]c12.OC1CCCOC1. The van der Waals surface area contributed by atoms with Crippen LogP contribution in [-0.4, -0.2) is 74.1 Å². The van der Waals surface area contributed by atoms with Gasteiger partial charge in [-0.15, -0.1) is 0 Å². The van der Waals surface area contributed by atoms with Crippen molar-refractivity contribution in [3.05, 3.63) is 42.5 Å². The number of amides is 1. The number of aromatic hydroxyl groups is 1. The summed E-state index contributed by atoms with van der Waals surface area (Å²) >= 11 is 0. The number of imidazole rings is 1. The second-order valence-corrected chi connectivity index (χ2v) is 6.24. The second-order valence-electron chi connectivity index (χ2n) is 6.24. The fraction of sp³-hybridized carbons (Fsp3) is 0.400. The number of carbonyl (C=O) groups excluding carboxylic acids is 1. The molecule has 12 nitrogen and oxygen atoms in total. The van der Waals surface area contributed by atoms with Gasteiger partial charge in [-0.2, -0.15) is 0 Å². The quantitative estimate of drug-likeness (QED) is 0.259. The summed E-state index contributed by atoms with van der Waals surface area (Å²) in [5.74, 6) is 0.295. The Bertz CT molecular complexity index is 847. The number of fused-ring (bicyclic) bond motifs is 1. The van der Waals surface area contributed by atoms with Crippen molar-refractivity contribution in [1.82, 2.24) is 19.9 Å². The molecular formula is C20H33N7O5. The Kier molecular flexibility index (Phi) is 15.6. The first kappa shape index (κ1) is 28.7. The number of nitrogens with two attached hydrogens (primary N) is 3. The van der Waals surface area contributed by atoms with Gasteiger partial charge in [0.1, 0.15) is 17.6 Å². The maximum absolute atomic E-state index is 9.47. The number of hydrogen-bond acceptors (Lipinski definition) is 10. The van der Waals surface area contributed by atoms with E-state index in [9.17, 15) is 4.79 Å². The number of aromatic amines is 1. The van der Waals surface area contributed by atoms with Crippen molar-refractivity contribution in [2.75, 3.05) is 32.6 Å². The molecule has 1 saturated heterocycles. The molecule has 10 N–H and O–H groups in total. The number of rotatable bonds is 1. The summed E-state index contributed by atoms with van der Waals surface area (Å²) in [6.45, 7) is 3.30. The summed E-state index contributed by atoms with van der Waals surface area (Å²) in [4.78, 5) is 23.8. The molecule has 0 radical (unpaired) electrons. The number of aryl methyl sites for hydroxylation is 1. The third-order valence-corrected chi connectivity index (χ3v) is 3.62. The molecule has 2 aromatic heterocycles. The van der Waals surface area contributed by atoms with E-state index in [2.05, 4.69) is 25.7 Å². The topological polar surface area (TPSA) is 220 Å². The highest BCUT2D eigenvalue weighted by atomic mass is 16.5. The van der Waals surface area contributed by atoms with Gasteiger partial charge in [-0.25, -0.2) is 15.0 Å². The van der Waals surface area contributed by atoms with Gasteiger partial charge in [-0.1, -0.05) is 17.7 Å². The Hall–Kier alpha value is -3.32. The molecule has 1 fully saturated rings. The van der Waals surface area contributed by atoms with Crippen molar-refractivity contribution in [2.45, 2.75) is 25.9 Å². The van der Waals surface area contributed by atoms with Crippen LogP contribution >= 0.6 is 0 Å². The van der Waals surface area contributed by atoms with E-state index in [1.807, 2.05) is 19.1 Å². The normalized spacial score (nSPS) is 14.1. The number of ether oxygens (including phenoxy) is 1. The van der Waals surface area contributed by atoms with Crippen molar-refractivity contribution < 1.29 is 24.9 Å². The third kappa shape index (κ3) is 13.1. The van der Waals surface area contributed by atoms with Crippen LogP contribution in [0.15, 0.2) is 36.9 Å². The number of aliphatic hydroxyl groups excluding tert-OH is 2. The standard InChI is InChI=1S/C7H8O.C5H5N5.C5H10O2.C2H6N2O.CH4O/c1-6-2-4-7(8)5-3-6;6-4-3-5(9-1-7-3)10-2-8-4;6-5-2-1-3-7-4-5;3-1-2(4)5;1-2/h2-5,8H,1H3;1-2H,(H3,6,7,8,9,10);5-6H,1-4H2;1,3H2,(H2,4,5);2H,1H3. The van der Waals surface area contributed by atoms with E-state index < -0.39 is 5.91 Å². The lowest BCUT2D eigenvalue weighted by Crippen LogP contribution is -2.21. The lowest BCUT2D eigenvalue weighted by molar-refractivity contribution is -0.116. The van der Waals surface area contributed by atoms with E-state index in [0.29, 0.717) is 29.3 Å². The third-order valence-electron chi connectivity index (χ3n) is 3.62. The number of aliphatic hydroxyl groups is 2. The molecule has 32 heavy (non-hydrogen) atoms. The molecule has 1 aromatic carbocycles. The van der Waals surface area contributed by atoms with Crippen LogP contribution < -0.4 is 17.2 Å². The Morgan fingerprint density at radius 1 is 1.22 bits per heavy atom. The molecule has 1 aliphatic heterocycles. The Morgan fingerprint density at radius 2 is 1.84 bits per heavy atom. The molecule has 3 aromatic rings. The molecule has 0 spiro atoms. The monoisotopic (exact) mass is 451 g/mol. The maximum atomic E-state index is 9.47. The highest BCUT2D eigenvalue weighted by Gasteiger charge is 2.08. The molecule has 0 aliphatic carbocycles. The fourth-order valence-corrected chi connectivity index (χ4v) is 2.05. The molecule has 1 atom stereocenters. The highest BCUT2D eigenvalue weighted by molar-refractivity contribution is 5.80. The number of aromatic nitrogens is 4. The first-order chi connectivity index (χ1) is 15.3. The lowest BCUT2D eigenvalue weighted by atomic mass is 10.2. The van der Waals surface area contributed by atoms with Crippen LogP contribution in [0.3, 0.4) is 0 Å². The summed E-state index contributed by atoms with van der Waals surface area (Å²) in [5.41, 5.74) is 17.2. The number of phenolic OH excluding ortho intramolecular Hbond substituents is 1. The molecule has 1 aliphatic rings. The van der Waals surface area contributed by atoms with Gasteiger partial charge in [-0.05, 0) is 31.9 Å². The summed E-state index contributed by atoms with van der Waals surface area (Å²) in [5, 5.41) is 24.5. The van der Waals surface area contributed by atoms with Crippen molar-refractivity contribution >= 4 is 22.9 Å². The molecular weight excluding hydrogens is 418 g/mol. The van der Waals surface area contributed by atoms with E-state index in [-0.39, 0.29) is 12.6 Å². The fourth-order valence-electron chi connectivity index (χ4n) is 2.05. The number of H-pyrrole nitrogens is 1. The number of nitrogens with zero attached hydrogens (tertiary/aromatic N) is 3. The number of benzene rings is 1. The maximum Gasteiger partial charge on any atom is 0.231 e. The van der Waals surface area contributed by atoms with Gasteiger partial charge >= 0.3 is 0 Å². The minimum atomic E-state index is -0.468. The summed E-state index contributed by atoms with van der Waals surface area (Å²) in [7, 11) is 1.00. The second kappa shape index (κ2) is 17.4. The Balaban J connectivity index is 0.000000401. The molecule has 12 heteroatoms. The minimum absolute atomic E-state index is 0.0556. The van der Waals surface area contributed by atoms with Crippen LogP contribution in [0.4, 0.5) is 5.82 Å². The number of hydrogen-bond donors (Lipinski definition) is 7. The zero-order valence-corrected chi connectivity index (χ0v) is 18.3. The Morgan fingerprint density at radius 3 is 2.25 bits per heavy atom. The van der Waals surface area contributed by atoms with Crippen molar-refractivity contribution in [2.24, 2.45) is 11.5 Å². The smallest absolute Gasteiger partial charge is 0.231 e. The number of phenols is 1. The largest absolute Gasteiger partial charge is 0.508 e. The van der Waals surface area contributed by atoms with E-state index in [4.69, 9.17) is 31.5 Å². The number of primary amides is 1. The molecule has 4 rings (SSSR count). The molecule has 178 valence electrons. The summed E-state index contributed by atoms with van der Waals surface area (Å²) in [6.07, 6.45) is 4.67. The molecule has 1 unspecified atom stereocenters. The van der Waals surface area contributed by atoms with Crippen LogP contribution in [0.2, 0.25) is 0 Å². The van der Waals surface area contributed by atoms with Crippen LogP contribution in [0.25, 0.3) is 11.2 Å². The van der Waals surface area contributed by atoms with Crippen LogP contribution in [0.1, 0.15) is 18.4 Å². The van der Waals surface area contributed by atoms with Gasteiger partial charge in [0.25, 0.3) is 0 Å². The first-order valence-electron chi connectivity index (χ1n) is 9.67. The van der Waals surface area contributed by atoms with E-state index in [1.54, 1.807) is 12.1 Å². The molecule has 0 saturated carbocycles. The molecule has 3 heterocycles. The van der Waals surface area contributed by atoms with Crippen LogP contribution in [0.5, 0.6) is 5.75 Å². The molecule has 1 amide bonds. The van der Waals surface area contributed by atoms with E-state index in [0.717, 1.165) is 26.6 Å². The van der Waals surface area contributed by atoms with E-state index >= 15 is 0 Å². The van der Waals surface area contributed by atoms with Gasteiger partial charge < -0.3 is 42.2 Å². The van der Waals surface area contributed by atoms with Gasteiger partial charge in [-0.3, -0.25) is 4.79 Å². The zero-order valence-electron chi connectivity index (χ0n) is 18.3. The minimum Gasteiger partial charge on any atom is -0.508 e. The number of nitrogens with one attached hydrogen (secondary N) is 1. The predicted octanol–water partition coefficient (Wildman–Crippen LogP) is -0.168. The average Bonchev–Trinajstić information content (AvgIpc) is 3.29. The number of nitrogen functional groups attached to an aromatic ring is 1. The predicted molar refractivity (Wildman–Crippen MR) is 121 cm³/mol. The number of carbonyl (C=O) groups is 1. The van der Waals surface area contributed by atoms with Gasteiger partial charge in [0.15, 0.2) is 11.5 Å². The Labute approximate surface area is 186 Å². The van der Waals surface area contributed by atoms with Crippen molar-refractivity contribution in [3.8, 4) is 5.75 Å². The van der Waals surface area contributed by atoms with Gasteiger partial charge in [0, 0.05) is 13.7 Å². The van der Waals surface area contributed by atoms with Crippen molar-refractivity contribution in [1.29, 1.82) is 0 Å². The lowest BCUT2D eigenvalue weighted by Gasteiger charge is -2.15. The summed E-state index contributed by atoms with van der Waals surface area (Å²) in [6, 6.07) is 7.09. The zero-order chi connectivity index (χ0) is 24.4. The molecule has 0 bridgehead atoms. The van der Waals surface area contributed by atoms with E-state index in [1.165, 1.54) is 18.2 Å². The average molecular weight is 452 g/mol. The number of anilines is 1. The highest BCUT2D eigenvalue weighted by Crippen LogP contribution is 2.09. The van der Waals surface area contributed by atoms with Gasteiger partial charge in [0.2, 0.25) is 5.91 Å². The summed E-state index contributed by atoms with van der Waals surface area (Å²) < 4.78 is 4.93. The van der Waals surface area contributed by atoms with Crippen molar-refractivity contribution in [3.63, 3.8) is 0 Å². The van der Waals surface area contributed by atoms with Crippen LogP contribution in [-0.2, 0) is 9.53 Å². The first-order valence-corrected chi connectivity index (χ1v) is 9.67.